The summed E-state index contributed by atoms with van der Waals surface area (Å²) in [5, 5.41) is 18.0. The lowest BCUT2D eigenvalue weighted by Gasteiger charge is -2.17. The Morgan fingerprint density at radius 1 is 1.07 bits per heavy atom. The zero-order chi connectivity index (χ0) is 32.1. The van der Waals surface area contributed by atoms with E-state index in [4.69, 9.17) is 30.8 Å². The summed E-state index contributed by atoms with van der Waals surface area (Å²) >= 11 is 6.37. The van der Waals surface area contributed by atoms with Crippen LogP contribution in [0.3, 0.4) is 0 Å². The molecule has 0 unspecified atom stereocenters. The summed E-state index contributed by atoms with van der Waals surface area (Å²) in [6, 6.07) is 13.2. The van der Waals surface area contributed by atoms with Gasteiger partial charge in [-0.1, -0.05) is 11.6 Å². The molecule has 1 N–H and O–H groups in total. The van der Waals surface area contributed by atoms with Crippen molar-refractivity contribution in [1.29, 1.82) is 5.26 Å². The molecule has 1 aliphatic rings. The van der Waals surface area contributed by atoms with Gasteiger partial charge in [-0.15, -0.1) is 0 Å². The molecular formula is C34H29ClFN7O3. The van der Waals surface area contributed by atoms with E-state index in [-0.39, 0.29) is 28.0 Å². The fraction of sp³-hybridized carbons (Fsp3) is 0.235. The quantitative estimate of drug-likeness (QED) is 0.179. The number of aryl methyl sites for hydroxylation is 2. The SMILES string of the molecule is COc1ccc(CNc2nc3cc(-c4cnn(C)c4-c4c(F)c(Cl)cc(OC5CC5)c4C#N)c(C)cc3n3cncc23)c(OC)c1. The summed E-state index contributed by atoms with van der Waals surface area (Å²) in [5.74, 6) is 1.57. The largest absolute Gasteiger partial charge is 0.497 e. The van der Waals surface area contributed by atoms with Crippen LogP contribution in [-0.2, 0) is 13.6 Å². The highest BCUT2D eigenvalue weighted by Gasteiger charge is 2.30. The summed E-state index contributed by atoms with van der Waals surface area (Å²) in [4.78, 5) is 9.40. The van der Waals surface area contributed by atoms with Gasteiger partial charge in [-0.2, -0.15) is 10.4 Å². The second-order valence-electron chi connectivity index (χ2n) is 11.2. The van der Waals surface area contributed by atoms with Gasteiger partial charge in [0.15, 0.2) is 11.6 Å². The van der Waals surface area contributed by atoms with E-state index in [1.807, 2.05) is 41.7 Å². The van der Waals surface area contributed by atoms with E-state index >= 15 is 4.39 Å². The van der Waals surface area contributed by atoms with E-state index in [1.165, 1.54) is 6.07 Å². The van der Waals surface area contributed by atoms with Crippen molar-refractivity contribution in [3.63, 3.8) is 0 Å². The lowest BCUT2D eigenvalue weighted by Crippen LogP contribution is -2.06. The number of nitriles is 1. The minimum absolute atomic E-state index is 0.00471. The molecule has 7 rings (SSSR count). The van der Waals surface area contributed by atoms with Crippen LogP contribution in [0.1, 0.15) is 29.5 Å². The van der Waals surface area contributed by atoms with Gasteiger partial charge in [0.1, 0.15) is 34.4 Å². The maximum Gasteiger partial charge on any atom is 0.153 e. The lowest BCUT2D eigenvalue weighted by atomic mass is 9.94. The van der Waals surface area contributed by atoms with Crippen LogP contribution in [0.25, 0.3) is 38.9 Å². The summed E-state index contributed by atoms with van der Waals surface area (Å²) in [6.45, 7) is 2.41. The van der Waals surface area contributed by atoms with Crippen LogP contribution < -0.4 is 19.5 Å². The number of ether oxygens (including phenoxy) is 3. The molecule has 12 heteroatoms. The minimum atomic E-state index is -0.705. The molecule has 0 spiro atoms. The number of fused-ring (bicyclic) bond motifs is 3. The fourth-order valence-electron chi connectivity index (χ4n) is 5.73. The van der Waals surface area contributed by atoms with Gasteiger partial charge >= 0.3 is 0 Å². The van der Waals surface area contributed by atoms with Gasteiger partial charge in [-0.3, -0.25) is 9.08 Å². The zero-order valence-electron chi connectivity index (χ0n) is 25.6. The van der Waals surface area contributed by atoms with Crippen molar-refractivity contribution in [1.82, 2.24) is 24.1 Å². The molecular weight excluding hydrogens is 609 g/mol. The van der Waals surface area contributed by atoms with Gasteiger partial charge in [0, 0.05) is 36.9 Å². The number of hydrogen-bond donors (Lipinski definition) is 1. The first-order valence-electron chi connectivity index (χ1n) is 14.6. The summed E-state index contributed by atoms with van der Waals surface area (Å²) < 4.78 is 36.3. The van der Waals surface area contributed by atoms with E-state index in [2.05, 4.69) is 21.5 Å². The molecule has 3 aromatic carbocycles. The van der Waals surface area contributed by atoms with Crippen LogP contribution in [0.5, 0.6) is 17.2 Å². The van der Waals surface area contributed by atoms with Crippen LogP contribution in [0.2, 0.25) is 5.02 Å². The first kappa shape index (κ1) is 29.4. The van der Waals surface area contributed by atoms with Crippen LogP contribution in [-0.4, -0.2) is 44.5 Å². The predicted molar refractivity (Wildman–Crippen MR) is 173 cm³/mol. The molecule has 0 atom stereocenters. The Morgan fingerprint density at radius 3 is 2.63 bits per heavy atom. The Kier molecular flexibility index (Phi) is 7.37. The molecule has 1 aliphatic carbocycles. The molecule has 0 amide bonds. The van der Waals surface area contributed by atoms with Gasteiger partial charge in [0.2, 0.25) is 0 Å². The highest BCUT2D eigenvalue weighted by molar-refractivity contribution is 6.31. The van der Waals surface area contributed by atoms with Crippen molar-refractivity contribution in [2.75, 3.05) is 19.5 Å². The van der Waals surface area contributed by atoms with Crippen molar-refractivity contribution in [3.05, 3.63) is 82.6 Å². The Hall–Kier alpha value is -5.34. The third-order valence-corrected chi connectivity index (χ3v) is 8.49. The van der Waals surface area contributed by atoms with E-state index in [0.29, 0.717) is 40.6 Å². The van der Waals surface area contributed by atoms with Crippen molar-refractivity contribution in [3.8, 4) is 45.7 Å². The van der Waals surface area contributed by atoms with Gasteiger partial charge in [0.05, 0.1) is 66.4 Å². The first-order valence-corrected chi connectivity index (χ1v) is 15.0. The number of halogens is 2. The lowest BCUT2D eigenvalue weighted by molar-refractivity contribution is 0.302. The number of benzene rings is 3. The Morgan fingerprint density at radius 2 is 1.89 bits per heavy atom. The molecule has 10 nitrogen and oxygen atoms in total. The van der Waals surface area contributed by atoms with E-state index in [9.17, 15) is 5.26 Å². The second-order valence-corrected chi connectivity index (χ2v) is 11.6. The second kappa shape index (κ2) is 11.5. The first-order chi connectivity index (χ1) is 22.3. The van der Waals surface area contributed by atoms with E-state index < -0.39 is 5.82 Å². The van der Waals surface area contributed by atoms with Gasteiger partial charge < -0.3 is 19.5 Å². The number of aromatic nitrogens is 5. The molecule has 3 aromatic heterocycles. The molecule has 0 radical (unpaired) electrons. The third kappa shape index (κ3) is 5.01. The Labute approximate surface area is 268 Å². The van der Waals surface area contributed by atoms with E-state index in [1.54, 1.807) is 44.7 Å². The molecule has 1 saturated carbocycles. The van der Waals surface area contributed by atoms with Crippen LogP contribution in [0.4, 0.5) is 10.2 Å². The van der Waals surface area contributed by atoms with Crippen molar-refractivity contribution < 1.29 is 18.6 Å². The monoisotopic (exact) mass is 637 g/mol. The Bertz CT molecular complexity index is 2200. The van der Waals surface area contributed by atoms with Gasteiger partial charge in [-0.05, 0) is 55.2 Å². The highest BCUT2D eigenvalue weighted by atomic mass is 35.5. The van der Waals surface area contributed by atoms with Gasteiger partial charge in [0.25, 0.3) is 0 Å². The Balaban J connectivity index is 1.35. The molecule has 46 heavy (non-hydrogen) atoms. The molecule has 3 heterocycles. The molecule has 0 saturated heterocycles. The van der Waals surface area contributed by atoms with E-state index in [0.717, 1.165) is 40.6 Å². The summed E-state index contributed by atoms with van der Waals surface area (Å²) in [6.07, 6.45) is 6.92. The third-order valence-electron chi connectivity index (χ3n) is 8.21. The smallest absolute Gasteiger partial charge is 0.153 e. The summed E-state index contributed by atoms with van der Waals surface area (Å²) in [5.41, 5.74) is 6.09. The molecule has 0 bridgehead atoms. The number of imidazole rings is 1. The van der Waals surface area contributed by atoms with Gasteiger partial charge in [-0.25, -0.2) is 14.4 Å². The molecule has 0 aliphatic heterocycles. The predicted octanol–water partition coefficient (Wildman–Crippen LogP) is 7.09. The fourth-order valence-corrected chi connectivity index (χ4v) is 5.92. The number of nitrogens with zero attached hydrogens (tertiary/aromatic N) is 6. The van der Waals surface area contributed by atoms with Crippen LogP contribution in [0.15, 0.2) is 55.1 Å². The number of hydrogen-bond acceptors (Lipinski definition) is 8. The molecule has 6 aromatic rings. The topological polar surface area (TPSA) is 112 Å². The summed E-state index contributed by atoms with van der Waals surface area (Å²) in [7, 11) is 4.94. The standard InChI is InChI=1S/C34H29ClFN7O3/c1-18-9-27-26(41-34(28-16-38-17-43(27)28)39-14-19-5-6-21(44-3)10-29(19)45-4)11-22(18)24-15-40-42(2)33(24)31-23(13-37)30(46-20-7-8-20)12-25(35)32(31)36/h5-6,9-12,15-17,20H,7-8,14H2,1-4H3,(H,39,41). The maximum atomic E-state index is 15.9. The molecule has 232 valence electrons. The number of methoxy groups -OCH3 is 2. The zero-order valence-corrected chi connectivity index (χ0v) is 26.3. The minimum Gasteiger partial charge on any atom is -0.497 e. The van der Waals surface area contributed by atoms with Crippen molar-refractivity contribution in [2.24, 2.45) is 7.05 Å². The average Bonchev–Trinajstić information content (AvgIpc) is 3.59. The number of nitrogens with one attached hydrogen (secondary N) is 1. The highest BCUT2D eigenvalue weighted by Crippen LogP contribution is 2.44. The van der Waals surface area contributed by atoms with Crippen molar-refractivity contribution >= 4 is 34.0 Å². The molecule has 1 fully saturated rings. The van der Waals surface area contributed by atoms with Crippen LogP contribution in [0, 0.1) is 24.1 Å². The van der Waals surface area contributed by atoms with Crippen molar-refractivity contribution in [2.45, 2.75) is 32.4 Å². The number of anilines is 1. The number of rotatable bonds is 9. The maximum absolute atomic E-state index is 15.9. The van der Waals surface area contributed by atoms with Crippen LogP contribution >= 0.6 is 11.6 Å². The average molecular weight is 638 g/mol. The normalized spacial score (nSPS) is 12.8.